The van der Waals surface area contributed by atoms with Gasteiger partial charge < -0.3 is 14.8 Å². The lowest BCUT2D eigenvalue weighted by Gasteiger charge is -2.08. The van der Waals surface area contributed by atoms with Crippen LogP contribution in [-0.2, 0) is 11.3 Å². The van der Waals surface area contributed by atoms with Crippen molar-refractivity contribution < 1.29 is 9.47 Å². The summed E-state index contributed by atoms with van der Waals surface area (Å²) in [6, 6.07) is 5.85. The molecule has 102 valence electrons. The number of nitrogens with one attached hydrogen (secondary N) is 1. The van der Waals surface area contributed by atoms with E-state index < -0.39 is 0 Å². The van der Waals surface area contributed by atoms with Crippen molar-refractivity contribution in [3.8, 4) is 5.88 Å². The molecule has 0 unspecified atom stereocenters. The molecule has 1 aromatic rings. The van der Waals surface area contributed by atoms with Crippen LogP contribution in [0.5, 0.6) is 5.88 Å². The number of hydrogen-bond acceptors (Lipinski definition) is 4. The molecule has 0 atom stereocenters. The number of rotatable bonds is 10. The molecule has 1 aromatic heterocycles. The van der Waals surface area contributed by atoms with Gasteiger partial charge in [-0.25, -0.2) is 4.98 Å². The van der Waals surface area contributed by atoms with Crippen molar-refractivity contribution in [2.75, 3.05) is 26.4 Å². The minimum Gasteiger partial charge on any atom is -0.475 e. The summed E-state index contributed by atoms with van der Waals surface area (Å²) in [5.41, 5.74) is 1.01. The Labute approximate surface area is 110 Å². The minimum atomic E-state index is 0.554. The third-order valence-corrected chi connectivity index (χ3v) is 2.34. The lowest BCUT2D eigenvalue weighted by atomic mass is 10.3. The smallest absolute Gasteiger partial charge is 0.213 e. The van der Waals surface area contributed by atoms with E-state index in [4.69, 9.17) is 9.47 Å². The first kappa shape index (κ1) is 14.9. The van der Waals surface area contributed by atoms with Crippen LogP contribution in [0.3, 0.4) is 0 Å². The zero-order chi connectivity index (χ0) is 13.1. The Kier molecular flexibility index (Phi) is 8.17. The third kappa shape index (κ3) is 6.57. The average molecular weight is 252 g/mol. The van der Waals surface area contributed by atoms with E-state index in [0.29, 0.717) is 19.1 Å². The number of nitrogens with zero attached hydrogens (tertiary/aromatic N) is 1. The first-order valence-corrected chi connectivity index (χ1v) is 6.74. The first-order chi connectivity index (χ1) is 8.86. The van der Waals surface area contributed by atoms with Crippen LogP contribution in [0.4, 0.5) is 0 Å². The summed E-state index contributed by atoms with van der Waals surface area (Å²) < 4.78 is 10.9. The van der Waals surface area contributed by atoms with Gasteiger partial charge in [0.25, 0.3) is 0 Å². The van der Waals surface area contributed by atoms with E-state index in [-0.39, 0.29) is 0 Å². The average Bonchev–Trinajstić information content (AvgIpc) is 2.39. The van der Waals surface area contributed by atoms with Gasteiger partial charge >= 0.3 is 0 Å². The van der Waals surface area contributed by atoms with Gasteiger partial charge in [0.05, 0.1) is 12.3 Å². The lowest BCUT2D eigenvalue weighted by Crippen LogP contribution is -2.15. The highest BCUT2D eigenvalue weighted by Crippen LogP contribution is 2.07. The van der Waals surface area contributed by atoms with E-state index in [1.165, 1.54) is 0 Å². The summed E-state index contributed by atoms with van der Waals surface area (Å²) in [4.78, 5) is 4.42. The molecule has 18 heavy (non-hydrogen) atoms. The van der Waals surface area contributed by atoms with Crippen LogP contribution in [0.1, 0.15) is 32.4 Å². The van der Waals surface area contributed by atoms with Gasteiger partial charge in [-0.3, -0.25) is 0 Å². The van der Waals surface area contributed by atoms with Gasteiger partial charge in [0.15, 0.2) is 0 Å². The van der Waals surface area contributed by atoms with Crippen molar-refractivity contribution in [2.24, 2.45) is 0 Å². The molecule has 0 bridgehead atoms. The largest absolute Gasteiger partial charge is 0.475 e. The van der Waals surface area contributed by atoms with E-state index in [0.717, 1.165) is 38.2 Å². The van der Waals surface area contributed by atoms with Crippen LogP contribution in [0, 0.1) is 0 Å². The highest BCUT2D eigenvalue weighted by molar-refractivity contribution is 5.15. The molecule has 0 saturated carbocycles. The number of pyridine rings is 1. The van der Waals surface area contributed by atoms with Crippen LogP contribution < -0.4 is 10.1 Å². The molecule has 0 aliphatic rings. The van der Waals surface area contributed by atoms with E-state index in [1.54, 1.807) is 0 Å². The quantitative estimate of drug-likeness (QED) is 0.649. The second kappa shape index (κ2) is 9.85. The maximum absolute atomic E-state index is 5.54. The van der Waals surface area contributed by atoms with Gasteiger partial charge in [0, 0.05) is 19.2 Å². The summed E-state index contributed by atoms with van der Waals surface area (Å²) in [6.45, 7) is 8.00. The molecular formula is C14H24N2O2. The topological polar surface area (TPSA) is 43.4 Å². The fourth-order valence-electron chi connectivity index (χ4n) is 1.48. The zero-order valence-electron chi connectivity index (χ0n) is 11.4. The molecule has 0 amide bonds. The number of hydrogen-bond donors (Lipinski definition) is 1. The molecule has 0 saturated heterocycles. The summed E-state index contributed by atoms with van der Waals surface area (Å²) in [7, 11) is 0. The number of aromatic nitrogens is 1. The molecule has 0 aliphatic heterocycles. The van der Waals surface area contributed by atoms with E-state index in [9.17, 15) is 0 Å². The zero-order valence-corrected chi connectivity index (χ0v) is 11.4. The van der Waals surface area contributed by atoms with Crippen LogP contribution in [-0.4, -0.2) is 31.3 Å². The van der Waals surface area contributed by atoms with Crippen molar-refractivity contribution in [3.05, 3.63) is 23.9 Å². The molecule has 1 N–H and O–H groups in total. The van der Waals surface area contributed by atoms with E-state index in [2.05, 4.69) is 24.1 Å². The van der Waals surface area contributed by atoms with E-state index in [1.807, 2.05) is 18.2 Å². The highest BCUT2D eigenvalue weighted by Gasteiger charge is 1.98. The fourth-order valence-corrected chi connectivity index (χ4v) is 1.48. The molecule has 0 aromatic carbocycles. The van der Waals surface area contributed by atoms with Gasteiger partial charge in [-0.1, -0.05) is 19.9 Å². The Morgan fingerprint density at radius 2 is 2.00 bits per heavy atom. The SMILES string of the molecule is CCCNCc1cccc(OCCOCCC)n1. The minimum absolute atomic E-state index is 0.554. The van der Waals surface area contributed by atoms with Crippen molar-refractivity contribution in [2.45, 2.75) is 33.2 Å². The normalized spacial score (nSPS) is 10.6. The Balaban J connectivity index is 2.26. The van der Waals surface area contributed by atoms with Crippen molar-refractivity contribution in [1.82, 2.24) is 10.3 Å². The molecule has 0 radical (unpaired) electrons. The lowest BCUT2D eigenvalue weighted by molar-refractivity contribution is 0.0989. The van der Waals surface area contributed by atoms with Gasteiger partial charge in [0.2, 0.25) is 5.88 Å². The molecule has 0 aliphatic carbocycles. The Bertz CT molecular complexity index is 318. The van der Waals surface area contributed by atoms with Gasteiger partial charge in [-0.05, 0) is 25.5 Å². The fraction of sp³-hybridized carbons (Fsp3) is 0.643. The van der Waals surface area contributed by atoms with Crippen molar-refractivity contribution in [3.63, 3.8) is 0 Å². The molecular weight excluding hydrogens is 228 g/mol. The molecule has 1 rings (SSSR count). The van der Waals surface area contributed by atoms with Gasteiger partial charge in [0.1, 0.15) is 6.61 Å². The van der Waals surface area contributed by atoms with Crippen LogP contribution in [0.15, 0.2) is 18.2 Å². The van der Waals surface area contributed by atoms with Crippen molar-refractivity contribution in [1.29, 1.82) is 0 Å². The maximum atomic E-state index is 5.54. The predicted octanol–water partition coefficient (Wildman–Crippen LogP) is 2.39. The highest BCUT2D eigenvalue weighted by atomic mass is 16.5. The van der Waals surface area contributed by atoms with Crippen LogP contribution in [0.2, 0.25) is 0 Å². The second-order valence-corrected chi connectivity index (χ2v) is 4.10. The monoisotopic (exact) mass is 252 g/mol. The Morgan fingerprint density at radius 3 is 2.78 bits per heavy atom. The summed E-state index contributed by atoms with van der Waals surface area (Å²) in [5, 5.41) is 3.32. The first-order valence-electron chi connectivity index (χ1n) is 6.74. The molecule has 4 heteroatoms. The Morgan fingerprint density at radius 1 is 1.11 bits per heavy atom. The molecule has 4 nitrogen and oxygen atoms in total. The summed E-state index contributed by atoms with van der Waals surface area (Å²) in [6.07, 6.45) is 2.17. The maximum Gasteiger partial charge on any atom is 0.213 e. The summed E-state index contributed by atoms with van der Waals surface area (Å²) >= 11 is 0. The van der Waals surface area contributed by atoms with Crippen LogP contribution in [0.25, 0.3) is 0 Å². The molecule has 0 fully saturated rings. The second-order valence-electron chi connectivity index (χ2n) is 4.10. The van der Waals surface area contributed by atoms with Gasteiger partial charge in [-0.15, -0.1) is 0 Å². The predicted molar refractivity (Wildman–Crippen MR) is 72.8 cm³/mol. The van der Waals surface area contributed by atoms with Crippen molar-refractivity contribution >= 4 is 0 Å². The molecule has 1 heterocycles. The van der Waals surface area contributed by atoms with Crippen LogP contribution >= 0.6 is 0 Å². The van der Waals surface area contributed by atoms with Gasteiger partial charge in [-0.2, -0.15) is 0 Å². The summed E-state index contributed by atoms with van der Waals surface area (Å²) in [5.74, 6) is 0.672. The Hall–Kier alpha value is -1.13. The van der Waals surface area contributed by atoms with E-state index >= 15 is 0 Å². The third-order valence-electron chi connectivity index (χ3n) is 2.34. The molecule has 0 spiro atoms. The standard InChI is InChI=1S/C14H24N2O2/c1-3-8-15-12-13-6-5-7-14(16-13)18-11-10-17-9-4-2/h5-7,15H,3-4,8-12H2,1-2H3. The number of ether oxygens (including phenoxy) is 2.